The minimum Gasteiger partial charge on any atom is -0.465 e. The van der Waals surface area contributed by atoms with Crippen molar-refractivity contribution in [1.82, 2.24) is 0 Å². The molecule has 0 fully saturated rings. The topological polar surface area (TPSA) is 119 Å². The van der Waals surface area contributed by atoms with Crippen LogP contribution in [0.5, 0.6) is 0 Å². The van der Waals surface area contributed by atoms with Gasteiger partial charge in [0.25, 0.3) is 0 Å². The van der Waals surface area contributed by atoms with Crippen molar-refractivity contribution in [2.24, 2.45) is 0 Å². The number of hydrogen-bond donors (Lipinski definition) is 3. The lowest BCUT2D eigenvalue weighted by Gasteiger charge is -2.17. The van der Waals surface area contributed by atoms with E-state index in [0.717, 1.165) is 0 Å². The molecular weight excluding hydrogens is 266 g/mol. The quantitative estimate of drug-likeness (QED) is 0.514. The van der Waals surface area contributed by atoms with Gasteiger partial charge < -0.3 is 25.4 Å². The molecule has 1 aromatic carbocycles. The van der Waals surface area contributed by atoms with Gasteiger partial charge >= 0.3 is 11.9 Å². The van der Waals surface area contributed by atoms with Crippen LogP contribution in [0.4, 0.5) is 5.69 Å². The summed E-state index contributed by atoms with van der Waals surface area (Å²) < 4.78 is 9.13. The second-order valence-electron chi connectivity index (χ2n) is 3.98. The average molecular weight is 283 g/mol. The molecular formula is C13H17NO6. The van der Waals surface area contributed by atoms with Crippen molar-refractivity contribution in [3.8, 4) is 0 Å². The van der Waals surface area contributed by atoms with E-state index in [-0.39, 0.29) is 23.4 Å². The maximum Gasteiger partial charge on any atom is 0.339 e. The van der Waals surface area contributed by atoms with Gasteiger partial charge in [-0.3, -0.25) is 0 Å². The standard InChI is InChI=1S/C13H17NO6/c1-3-20-13(18)11(16)10(15)7-4-5-8(9(14)6-7)12(17)19-2/h4-6,10-11,15-16H,3,14H2,1-2H3. The number of nitrogens with two attached hydrogens (primary N) is 1. The molecule has 0 heterocycles. The molecule has 110 valence electrons. The number of aliphatic hydroxyl groups excluding tert-OH is 2. The van der Waals surface area contributed by atoms with Gasteiger partial charge in [0.05, 0.1) is 19.3 Å². The van der Waals surface area contributed by atoms with Gasteiger partial charge in [-0.25, -0.2) is 9.59 Å². The summed E-state index contributed by atoms with van der Waals surface area (Å²) in [7, 11) is 1.22. The lowest BCUT2D eigenvalue weighted by atomic mass is 10.0. The first-order valence-corrected chi connectivity index (χ1v) is 5.92. The molecule has 1 rings (SSSR count). The fraction of sp³-hybridized carbons (Fsp3) is 0.385. The van der Waals surface area contributed by atoms with E-state index in [4.69, 9.17) is 5.73 Å². The first kappa shape index (κ1) is 15.9. The molecule has 0 aromatic heterocycles. The Morgan fingerprint density at radius 2 is 2.00 bits per heavy atom. The summed E-state index contributed by atoms with van der Waals surface area (Å²) in [5.74, 6) is -1.55. The van der Waals surface area contributed by atoms with Gasteiger partial charge in [0.1, 0.15) is 6.10 Å². The largest absolute Gasteiger partial charge is 0.465 e. The molecule has 1 aromatic rings. The lowest BCUT2D eigenvalue weighted by Crippen LogP contribution is -2.30. The monoisotopic (exact) mass is 283 g/mol. The molecule has 2 unspecified atom stereocenters. The van der Waals surface area contributed by atoms with Crippen LogP contribution in [-0.4, -0.2) is 42.0 Å². The molecule has 0 saturated heterocycles. The summed E-state index contributed by atoms with van der Waals surface area (Å²) in [4.78, 5) is 22.7. The number of anilines is 1. The highest BCUT2D eigenvalue weighted by atomic mass is 16.5. The number of ether oxygens (including phenoxy) is 2. The third-order valence-corrected chi connectivity index (χ3v) is 2.65. The second kappa shape index (κ2) is 6.88. The van der Waals surface area contributed by atoms with Gasteiger partial charge in [-0.15, -0.1) is 0 Å². The minimum atomic E-state index is -1.72. The molecule has 0 saturated carbocycles. The molecule has 0 aliphatic heterocycles. The van der Waals surface area contributed by atoms with Gasteiger partial charge in [0.15, 0.2) is 6.10 Å². The number of carbonyl (C=O) groups is 2. The van der Waals surface area contributed by atoms with E-state index in [2.05, 4.69) is 9.47 Å². The molecule has 0 spiro atoms. The van der Waals surface area contributed by atoms with E-state index >= 15 is 0 Å². The SMILES string of the molecule is CCOC(=O)C(O)C(O)c1ccc(C(=O)OC)c(N)c1. The van der Waals surface area contributed by atoms with Crippen LogP contribution in [0, 0.1) is 0 Å². The Morgan fingerprint density at radius 1 is 1.35 bits per heavy atom. The number of methoxy groups -OCH3 is 1. The number of hydrogen-bond acceptors (Lipinski definition) is 7. The summed E-state index contributed by atoms with van der Waals surface area (Å²) in [6, 6.07) is 4.01. The van der Waals surface area contributed by atoms with Crippen LogP contribution in [0.1, 0.15) is 28.9 Å². The Kier molecular flexibility index (Phi) is 5.48. The van der Waals surface area contributed by atoms with E-state index in [1.54, 1.807) is 6.92 Å². The first-order valence-electron chi connectivity index (χ1n) is 5.92. The van der Waals surface area contributed by atoms with Gasteiger partial charge in [-0.05, 0) is 24.6 Å². The summed E-state index contributed by atoms with van der Waals surface area (Å²) in [6.07, 6.45) is -3.22. The number of aliphatic hydroxyl groups is 2. The van der Waals surface area contributed by atoms with Crippen molar-refractivity contribution in [3.63, 3.8) is 0 Å². The Bertz CT molecular complexity index is 502. The Hall–Kier alpha value is -2.12. The van der Waals surface area contributed by atoms with Crippen LogP contribution in [0.15, 0.2) is 18.2 Å². The second-order valence-corrected chi connectivity index (χ2v) is 3.98. The van der Waals surface area contributed by atoms with Crippen LogP contribution in [0.2, 0.25) is 0 Å². The smallest absolute Gasteiger partial charge is 0.339 e. The molecule has 0 bridgehead atoms. The number of nitrogen functional groups attached to an aromatic ring is 1. The van der Waals surface area contributed by atoms with Crippen LogP contribution >= 0.6 is 0 Å². The summed E-state index contributed by atoms with van der Waals surface area (Å²) in [6.45, 7) is 1.67. The van der Waals surface area contributed by atoms with Crippen LogP contribution < -0.4 is 5.73 Å². The van der Waals surface area contributed by atoms with Gasteiger partial charge in [-0.2, -0.15) is 0 Å². The van der Waals surface area contributed by atoms with E-state index in [1.165, 1.54) is 25.3 Å². The number of rotatable bonds is 5. The molecule has 0 amide bonds. The predicted octanol–water partition coefficient (Wildman–Crippen LogP) is 0.0128. The van der Waals surface area contributed by atoms with Crippen LogP contribution in [0.25, 0.3) is 0 Å². The third kappa shape index (κ3) is 3.46. The molecule has 7 heteroatoms. The van der Waals surface area contributed by atoms with Crippen molar-refractivity contribution >= 4 is 17.6 Å². The Balaban J connectivity index is 2.95. The number of benzene rings is 1. The maximum atomic E-state index is 11.4. The summed E-state index contributed by atoms with van der Waals surface area (Å²) in [5, 5.41) is 19.5. The van der Waals surface area contributed by atoms with E-state index in [9.17, 15) is 19.8 Å². The molecule has 2 atom stereocenters. The number of esters is 2. The van der Waals surface area contributed by atoms with Crippen molar-refractivity contribution in [3.05, 3.63) is 29.3 Å². The highest BCUT2D eigenvalue weighted by Gasteiger charge is 2.27. The highest BCUT2D eigenvalue weighted by molar-refractivity contribution is 5.95. The molecule has 20 heavy (non-hydrogen) atoms. The van der Waals surface area contributed by atoms with Gasteiger partial charge in [-0.1, -0.05) is 6.07 Å². The summed E-state index contributed by atoms with van der Waals surface area (Å²) >= 11 is 0. The van der Waals surface area contributed by atoms with Crippen molar-refractivity contribution in [2.45, 2.75) is 19.1 Å². The minimum absolute atomic E-state index is 0.0736. The highest BCUT2D eigenvalue weighted by Crippen LogP contribution is 2.23. The Labute approximate surface area is 115 Å². The van der Waals surface area contributed by atoms with Crippen LogP contribution in [0.3, 0.4) is 0 Å². The van der Waals surface area contributed by atoms with Crippen LogP contribution in [-0.2, 0) is 14.3 Å². The summed E-state index contributed by atoms with van der Waals surface area (Å²) in [5.41, 5.74) is 6.06. The number of carbonyl (C=O) groups excluding carboxylic acids is 2. The maximum absolute atomic E-state index is 11.4. The van der Waals surface area contributed by atoms with Gasteiger partial charge in [0.2, 0.25) is 0 Å². The fourth-order valence-electron chi connectivity index (χ4n) is 1.60. The van der Waals surface area contributed by atoms with E-state index in [1.807, 2.05) is 0 Å². The van der Waals surface area contributed by atoms with Crippen molar-refractivity contribution in [2.75, 3.05) is 19.5 Å². The zero-order valence-corrected chi connectivity index (χ0v) is 11.2. The van der Waals surface area contributed by atoms with E-state index in [0.29, 0.717) is 0 Å². The molecule has 7 nitrogen and oxygen atoms in total. The van der Waals surface area contributed by atoms with Crippen molar-refractivity contribution < 1.29 is 29.3 Å². The molecule has 0 aliphatic rings. The van der Waals surface area contributed by atoms with E-state index < -0.39 is 24.1 Å². The van der Waals surface area contributed by atoms with Crippen molar-refractivity contribution in [1.29, 1.82) is 0 Å². The molecule has 0 radical (unpaired) electrons. The fourth-order valence-corrected chi connectivity index (χ4v) is 1.60. The third-order valence-electron chi connectivity index (χ3n) is 2.65. The normalized spacial score (nSPS) is 13.4. The average Bonchev–Trinajstić information content (AvgIpc) is 2.45. The lowest BCUT2D eigenvalue weighted by molar-refractivity contribution is -0.159. The zero-order valence-electron chi connectivity index (χ0n) is 11.2. The van der Waals surface area contributed by atoms with Gasteiger partial charge in [0, 0.05) is 5.69 Å². The molecule has 0 aliphatic carbocycles. The zero-order chi connectivity index (χ0) is 15.3. The Morgan fingerprint density at radius 3 is 2.50 bits per heavy atom. The molecule has 4 N–H and O–H groups in total. The predicted molar refractivity (Wildman–Crippen MR) is 69.8 cm³/mol. The first-order chi connectivity index (χ1) is 9.42.